The van der Waals surface area contributed by atoms with Crippen molar-refractivity contribution in [2.45, 2.75) is 18.4 Å². The van der Waals surface area contributed by atoms with Crippen LogP contribution in [-0.2, 0) is 21.4 Å². The molecule has 0 fully saturated rings. The quantitative estimate of drug-likeness (QED) is 0.500. The second-order valence-corrected chi connectivity index (χ2v) is 9.63. The highest BCUT2D eigenvalue weighted by Crippen LogP contribution is 2.26. The van der Waals surface area contributed by atoms with E-state index in [1.807, 2.05) is 6.92 Å². The van der Waals surface area contributed by atoms with Crippen LogP contribution in [0.15, 0.2) is 71.6 Å². The molecule has 0 aliphatic rings. The van der Waals surface area contributed by atoms with E-state index in [1.54, 1.807) is 24.3 Å². The summed E-state index contributed by atoms with van der Waals surface area (Å²) < 4.78 is 41.6. The number of rotatable bonds is 7. The van der Waals surface area contributed by atoms with Crippen LogP contribution < -0.4 is 5.32 Å². The molecular formula is C22H19Cl2FN2O3S. The van der Waals surface area contributed by atoms with E-state index in [2.05, 4.69) is 5.32 Å². The van der Waals surface area contributed by atoms with Crippen molar-refractivity contribution in [3.05, 3.63) is 93.7 Å². The lowest BCUT2D eigenvalue weighted by molar-refractivity contribution is -0.116. The van der Waals surface area contributed by atoms with E-state index in [0.717, 1.165) is 9.87 Å². The molecule has 0 saturated carbocycles. The van der Waals surface area contributed by atoms with Crippen molar-refractivity contribution in [3.63, 3.8) is 0 Å². The number of aryl methyl sites for hydroxylation is 1. The van der Waals surface area contributed by atoms with Crippen molar-refractivity contribution in [1.82, 2.24) is 4.31 Å². The zero-order chi connectivity index (χ0) is 22.6. The highest BCUT2D eigenvalue weighted by atomic mass is 35.5. The monoisotopic (exact) mass is 480 g/mol. The van der Waals surface area contributed by atoms with Crippen LogP contribution in [-0.4, -0.2) is 25.2 Å². The van der Waals surface area contributed by atoms with Crippen LogP contribution in [0.3, 0.4) is 0 Å². The average molecular weight is 481 g/mol. The van der Waals surface area contributed by atoms with Crippen LogP contribution in [0.2, 0.25) is 10.0 Å². The summed E-state index contributed by atoms with van der Waals surface area (Å²) in [5.41, 5.74) is 1.28. The molecule has 1 amide bonds. The van der Waals surface area contributed by atoms with Gasteiger partial charge in [0.25, 0.3) is 0 Å². The lowest BCUT2D eigenvalue weighted by atomic mass is 10.2. The minimum absolute atomic E-state index is 0.00280. The predicted octanol–water partition coefficient (Wildman–Crippen LogP) is 5.27. The van der Waals surface area contributed by atoms with E-state index in [1.165, 1.54) is 42.5 Å². The molecule has 5 nitrogen and oxygen atoms in total. The summed E-state index contributed by atoms with van der Waals surface area (Å²) in [6, 6.07) is 16.5. The minimum Gasteiger partial charge on any atom is -0.324 e. The average Bonchev–Trinajstić information content (AvgIpc) is 2.72. The minimum atomic E-state index is -4.09. The molecule has 0 saturated heterocycles. The molecule has 0 heterocycles. The normalized spacial score (nSPS) is 11.5. The maximum Gasteiger partial charge on any atom is 0.243 e. The van der Waals surface area contributed by atoms with Gasteiger partial charge >= 0.3 is 0 Å². The molecular weight excluding hydrogens is 462 g/mol. The number of sulfonamides is 1. The van der Waals surface area contributed by atoms with Gasteiger partial charge in [-0.1, -0.05) is 59.1 Å². The summed E-state index contributed by atoms with van der Waals surface area (Å²) in [5.74, 6) is -1.21. The highest BCUT2D eigenvalue weighted by Gasteiger charge is 2.28. The fourth-order valence-corrected chi connectivity index (χ4v) is 4.56. The Morgan fingerprint density at radius 1 is 1.03 bits per heavy atom. The number of carbonyl (C=O) groups is 1. The van der Waals surface area contributed by atoms with Crippen LogP contribution in [0.25, 0.3) is 0 Å². The Labute approximate surface area is 190 Å². The molecule has 0 aromatic heterocycles. The molecule has 3 aromatic carbocycles. The van der Waals surface area contributed by atoms with Crippen molar-refractivity contribution in [2.24, 2.45) is 0 Å². The van der Waals surface area contributed by atoms with Crippen molar-refractivity contribution in [2.75, 3.05) is 11.9 Å². The molecule has 0 bridgehead atoms. The molecule has 0 radical (unpaired) electrons. The number of amides is 1. The SMILES string of the molecule is Cc1ccc(S(=O)(=O)N(CC(=O)Nc2cc(Cl)ccc2Cl)Cc2ccccc2F)cc1. The summed E-state index contributed by atoms with van der Waals surface area (Å²) in [5, 5.41) is 3.17. The van der Waals surface area contributed by atoms with E-state index < -0.39 is 28.3 Å². The summed E-state index contributed by atoms with van der Waals surface area (Å²) >= 11 is 12.0. The number of hydrogen-bond acceptors (Lipinski definition) is 3. The van der Waals surface area contributed by atoms with Gasteiger partial charge in [0.1, 0.15) is 5.82 Å². The molecule has 1 N–H and O–H groups in total. The van der Waals surface area contributed by atoms with Crippen LogP contribution >= 0.6 is 23.2 Å². The fourth-order valence-electron chi connectivity index (χ4n) is 2.84. The van der Waals surface area contributed by atoms with Gasteiger partial charge in [0.2, 0.25) is 15.9 Å². The molecule has 0 aliphatic carbocycles. The van der Waals surface area contributed by atoms with Gasteiger partial charge in [0.15, 0.2) is 0 Å². The van der Waals surface area contributed by atoms with Gasteiger partial charge in [-0.25, -0.2) is 12.8 Å². The standard InChI is InChI=1S/C22H19Cl2FN2O3S/c1-15-6-9-18(10-7-15)31(29,30)27(13-16-4-2-3-5-20(16)25)14-22(28)26-21-12-17(23)8-11-19(21)24/h2-12H,13-14H2,1H3,(H,26,28). The van der Waals surface area contributed by atoms with Crippen LogP contribution in [0.1, 0.15) is 11.1 Å². The van der Waals surface area contributed by atoms with Crippen molar-refractivity contribution >= 4 is 44.8 Å². The highest BCUT2D eigenvalue weighted by molar-refractivity contribution is 7.89. The molecule has 9 heteroatoms. The van der Waals surface area contributed by atoms with Gasteiger partial charge in [-0.2, -0.15) is 4.31 Å². The Bertz CT molecular complexity index is 1200. The summed E-state index contributed by atoms with van der Waals surface area (Å²) in [4.78, 5) is 12.7. The smallest absolute Gasteiger partial charge is 0.243 e. The molecule has 0 aliphatic heterocycles. The molecule has 31 heavy (non-hydrogen) atoms. The Morgan fingerprint density at radius 2 is 1.71 bits per heavy atom. The molecule has 0 atom stereocenters. The van der Waals surface area contributed by atoms with E-state index in [0.29, 0.717) is 5.02 Å². The van der Waals surface area contributed by atoms with E-state index >= 15 is 0 Å². The number of hydrogen-bond donors (Lipinski definition) is 1. The van der Waals surface area contributed by atoms with Gasteiger partial charge in [-0.3, -0.25) is 4.79 Å². The van der Waals surface area contributed by atoms with E-state index in [4.69, 9.17) is 23.2 Å². The van der Waals surface area contributed by atoms with Gasteiger partial charge in [-0.15, -0.1) is 0 Å². The lowest BCUT2D eigenvalue weighted by Crippen LogP contribution is -2.37. The first-order chi connectivity index (χ1) is 14.7. The third-order valence-corrected chi connectivity index (χ3v) is 6.86. The number of benzene rings is 3. The van der Waals surface area contributed by atoms with Crippen LogP contribution in [0.4, 0.5) is 10.1 Å². The molecule has 162 valence electrons. The Balaban J connectivity index is 1.91. The summed E-state index contributed by atoms with van der Waals surface area (Å²) in [6.45, 7) is 0.961. The molecule has 3 aromatic rings. The van der Waals surface area contributed by atoms with Crippen molar-refractivity contribution in [3.8, 4) is 0 Å². The predicted molar refractivity (Wildman–Crippen MR) is 120 cm³/mol. The third kappa shape index (κ3) is 5.83. The maximum atomic E-state index is 14.2. The Hall–Kier alpha value is -2.45. The Morgan fingerprint density at radius 3 is 2.39 bits per heavy atom. The Kier molecular flexibility index (Phi) is 7.33. The number of nitrogens with one attached hydrogen (secondary N) is 1. The van der Waals surface area contributed by atoms with Gasteiger partial charge < -0.3 is 5.32 Å². The van der Waals surface area contributed by atoms with Gasteiger partial charge in [0, 0.05) is 17.1 Å². The summed E-state index contributed by atoms with van der Waals surface area (Å²) in [7, 11) is -4.09. The fraction of sp³-hybridized carbons (Fsp3) is 0.136. The van der Waals surface area contributed by atoms with Gasteiger partial charge in [0.05, 0.1) is 22.2 Å². The first-order valence-electron chi connectivity index (χ1n) is 9.22. The van der Waals surface area contributed by atoms with Crippen LogP contribution in [0.5, 0.6) is 0 Å². The molecule has 0 unspecified atom stereocenters. The van der Waals surface area contributed by atoms with E-state index in [-0.39, 0.29) is 27.7 Å². The van der Waals surface area contributed by atoms with Gasteiger partial charge in [-0.05, 0) is 43.3 Å². The van der Waals surface area contributed by atoms with Crippen LogP contribution in [0, 0.1) is 12.7 Å². The van der Waals surface area contributed by atoms with E-state index in [9.17, 15) is 17.6 Å². The number of halogens is 3. The summed E-state index contributed by atoms with van der Waals surface area (Å²) in [6.07, 6.45) is 0. The first-order valence-corrected chi connectivity index (χ1v) is 11.4. The topological polar surface area (TPSA) is 66.5 Å². The number of anilines is 1. The zero-order valence-corrected chi connectivity index (χ0v) is 18.8. The lowest BCUT2D eigenvalue weighted by Gasteiger charge is -2.22. The van der Waals surface area contributed by atoms with Crippen molar-refractivity contribution < 1.29 is 17.6 Å². The first kappa shape index (κ1) is 23.2. The zero-order valence-electron chi connectivity index (χ0n) is 16.5. The maximum absolute atomic E-state index is 14.2. The second kappa shape index (κ2) is 9.78. The second-order valence-electron chi connectivity index (χ2n) is 6.85. The van der Waals surface area contributed by atoms with Crippen molar-refractivity contribution in [1.29, 1.82) is 0 Å². The molecule has 3 rings (SSSR count). The molecule has 0 spiro atoms. The number of carbonyl (C=O) groups excluding carboxylic acids is 1. The largest absolute Gasteiger partial charge is 0.324 e. The third-order valence-electron chi connectivity index (χ3n) is 4.49. The number of nitrogens with zero attached hydrogens (tertiary/aromatic N) is 1.